The molecule has 0 spiro atoms. The molecular formula is C14H27NOS. The molecule has 0 aromatic rings. The molecule has 0 N–H and O–H groups in total. The number of hydrogen-bond donors (Lipinski definition) is 0. The zero-order valence-corrected chi connectivity index (χ0v) is 13.0. The van der Waals surface area contributed by atoms with Crippen molar-refractivity contribution >= 4 is 16.7 Å². The Morgan fingerprint density at radius 1 is 1.06 bits per heavy atom. The number of rotatable bonds is 1. The van der Waals surface area contributed by atoms with Crippen molar-refractivity contribution in [3.8, 4) is 0 Å². The van der Waals surface area contributed by atoms with Gasteiger partial charge in [0.15, 0.2) is 0 Å². The lowest BCUT2D eigenvalue weighted by Crippen LogP contribution is -2.27. The van der Waals surface area contributed by atoms with E-state index in [4.69, 9.17) is 0 Å². The van der Waals surface area contributed by atoms with Crippen LogP contribution in [-0.4, -0.2) is 14.7 Å². The normalized spacial score (nSPS) is 24.6. The van der Waals surface area contributed by atoms with E-state index in [-0.39, 0.29) is 4.75 Å². The van der Waals surface area contributed by atoms with Crippen molar-refractivity contribution in [2.45, 2.75) is 72.0 Å². The second-order valence-corrected chi connectivity index (χ2v) is 9.06. The smallest absolute Gasteiger partial charge is 0.144 e. The Morgan fingerprint density at radius 3 is 1.88 bits per heavy atom. The Hall–Kier alpha value is -0.180. The average molecular weight is 257 g/mol. The average Bonchev–Trinajstić information content (AvgIpc) is 2.15. The van der Waals surface area contributed by atoms with Gasteiger partial charge >= 0.3 is 0 Å². The molecule has 0 amide bonds. The molecule has 17 heavy (non-hydrogen) atoms. The quantitative estimate of drug-likeness (QED) is 0.694. The third-order valence-electron chi connectivity index (χ3n) is 3.52. The third kappa shape index (κ3) is 4.53. The summed E-state index contributed by atoms with van der Waals surface area (Å²) in [6.07, 6.45) is 4.46. The molecule has 0 heterocycles. The molecule has 1 unspecified atom stereocenters. The molecule has 2 nitrogen and oxygen atoms in total. The third-order valence-corrected chi connectivity index (χ3v) is 5.00. The van der Waals surface area contributed by atoms with E-state index < -0.39 is 11.0 Å². The lowest BCUT2D eigenvalue weighted by Gasteiger charge is -2.34. The van der Waals surface area contributed by atoms with Crippen LogP contribution in [0.1, 0.15) is 67.2 Å². The van der Waals surface area contributed by atoms with Crippen LogP contribution < -0.4 is 0 Å². The van der Waals surface area contributed by atoms with Crippen molar-refractivity contribution in [3.05, 3.63) is 0 Å². The summed E-state index contributed by atoms with van der Waals surface area (Å²) >= 11 is 0. The fourth-order valence-corrected chi connectivity index (χ4v) is 2.85. The highest BCUT2D eigenvalue weighted by atomic mass is 32.2. The molecule has 1 fully saturated rings. The van der Waals surface area contributed by atoms with Gasteiger partial charge in [-0.2, -0.15) is 4.40 Å². The van der Waals surface area contributed by atoms with Gasteiger partial charge < -0.3 is 0 Å². The van der Waals surface area contributed by atoms with Crippen molar-refractivity contribution in [1.29, 1.82) is 0 Å². The van der Waals surface area contributed by atoms with Gasteiger partial charge in [-0.1, -0.05) is 20.8 Å². The van der Waals surface area contributed by atoms with E-state index in [9.17, 15) is 4.21 Å². The van der Waals surface area contributed by atoms with Gasteiger partial charge in [-0.05, 0) is 57.8 Å². The SMILES string of the molecule is CC(C)(C)C1CCC(=NS(=O)C(C)(C)C)CC1. The van der Waals surface area contributed by atoms with Crippen molar-refractivity contribution in [1.82, 2.24) is 0 Å². The maximum atomic E-state index is 11.9. The van der Waals surface area contributed by atoms with E-state index in [1.54, 1.807) is 0 Å². The molecule has 100 valence electrons. The van der Waals surface area contributed by atoms with Crippen LogP contribution in [0.5, 0.6) is 0 Å². The molecule has 0 radical (unpaired) electrons. The molecule has 0 aromatic heterocycles. The first kappa shape index (κ1) is 14.9. The van der Waals surface area contributed by atoms with Gasteiger partial charge in [0.25, 0.3) is 0 Å². The Balaban J connectivity index is 2.59. The maximum absolute atomic E-state index is 11.9. The van der Waals surface area contributed by atoms with E-state index in [1.165, 1.54) is 18.6 Å². The lowest BCUT2D eigenvalue weighted by molar-refractivity contribution is 0.208. The van der Waals surface area contributed by atoms with Crippen molar-refractivity contribution in [3.63, 3.8) is 0 Å². The van der Waals surface area contributed by atoms with Gasteiger partial charge in [-0.3, -0.25) is 0 Å². The highest BCUT2D eigenvalue weighted by Crippen LogP contribution is 2.37. The van der Waals surface area contributed by atoms with Crippen molar-refractivity contribution in [2.75, 3.05) is 0 Å². The largest absolute Gasteiger partial charge is 0.234 e. The van der Waals surface area contributed by atoms with Gasteiger partial charge in [0.05, 0.1) is 4.75 Å². The van der Waals surface area contributed by atoms with Crippen LogP contribution in [0.15, 0.2) is 4.40 Å². The summed E-state index contributed by atoms with van der Waals surface area (Å²) < 4.78 is 16.1. The van der Waals surface area contributed by atoms with Gasteiger partial charge in [-0.25, -0.2) is 4.21 Å². The monoisotopic (exact) mass is 257 g/mol. The molecule has 3 heteroatoms. The van der Waals surface area contributed by atoms with Crippen LogP contribution in [0.3, 0.4) is 0 Å². The van der Waals surface area contributed by atoms with Crippen molar-refractivity contribution < 1.29 is 4.21 Å². The second-order valence-electron chi connectivity index (χ2n) is 7.16. The minimum atomic E-state index is -1.08. The number of nitrogens with zero attached hydrogens (tertiary/aromatic N) is 1. The topological polar surface area (TPSA) is 29.4 Å². The molecular weight excluding hydrogens is 230 g/mol. The zero-order valence-electron chi connectivity index (χ0n) is 12.2. The summed E-state index contributed by atoms with van der Waals surface area (Å²) in [4.78, 5) is 0. The predicted molar refractivity (Wildman–Crippen MR) is 76.7 cm³/mol. The Bertz CT molecular complexity index is 310. The Morgan fingerprint density at radius 2 is 1.53 bits per heavy atom. The van der Waals surface area contributed by atoms with E-state index >= 15 is 0 Å². The van der Waals surface area contributed by atoms with Gasteiger partial charge in [0, 0.05) is 5.71 Å². The van der Waals surface area contributed by atoms with Crippen LogP contribution in [0, 0.1) is 11.3 Å². The van der Waals surface area contributed by atoms with Crippen LogP contribution in [0.25, 0.3) is 0 Å². The van der Waals surface area contributed by atoms with Gasteiger partial charge in [0.2, 0.25) is 0 Å². The van der Waals surface area contributed by atoms with Gasteiger partial charge in [0.1, 0.15) is 11.0 Å². The minimum absolute atomic E-state index is 0.228. The number of hydrogen-bond acceptors (Lipinski definition) is 1. The molecule has 0 aliphatic heterocycles. The summed E-state index contributed by atoms with van der Waals surface area (Å²) in [5.41, 5.74) is 1.56. The van der Waals surface area contributed by atoms with E-state index in [0.29, 0.717) is 5.41 Å². The highest BCUT2D eigenvalue weighted by molar-refractivity contribution is 7.85. The Labute approximate surface area is 109 Å². The molecule has 1 saturated carbocycles. The minimum Gasteiger partial charge on any atom is -0.234 e. The Kier molecular flexibility index (Phi) is 4.56. The molecule has 1 aliphatic rings. The van der Waals surface area contributed by atoms with Crippen LogP contribution in [0.2, 0.25) is 0 Å². The highest BCUT2D eigenvalue weighted by Gasteiger charge is 2.29. The molecule has 1 rings (SSSR count). The van der Waals surface area contributed by atoms with Crippen LogP contribution in [0.4, 0.5) is 0 Å². The standard InChI is InChI=1S/C14H27NOS/c1-13(2,3)11-7-9-12(10-8-11)15-17(16)14(4,5)6/h11H,7-10H2,1-6H3. The van der Waals surface area contributed by atoms with Crippen LogP contribution >= 0.6 is 0 Å². The summed E-state index contributed by atoms with van der Waals surface area (Å²) in [6.45, 7) is 12.9. The predicted octanol–water partition coefficient (Wildman–Crippen LogP) is 4.13. The summed E-state index contributed by atoms with van der Waals surface area (Å²) in [6, 6.07) is 0. The summed E-state index contributed by atoms with van der Waals surface area (Å²) in [5.74, 6) is 0.782. The van der Waals surface area contributed by atoms with E-state index in [0.717, 1.165) is 18.8 Å². The molecule has 0 saturated heterocycles. The fraction of sp³-hybridized carbons (Fsp3) is 0.929. The maximum Gasteiger partial charge on any atom is 0.144 e. The molecule has 0 bridgehead atoms. The lowest BCUT2D eigenvalue weighted by atomic mass is 9.72. The van der Waals surface area contributed by atoms with E-state index in [2.05, 4.69) is 25.2 Å². The summed E-state index contributed by atoms with van der Waals surface area (Å²) in [7, 11) is -1.08. The second kappa shape index (κ2) is 5.21. The molecule has 0 aromatic carbocycles. The van der Waals surface area contributed by atoms with Crippen molar-refractivity contribution in [2.24, 2.45) is 15.7 Å². The first-order valence-electron chi connectivity index (χ1n) is 6.59. The van der Waals surface area contributed by atoms with Gasteiger partial charge in [-0.15, -0.1) is 0 Å². The first-order valence-corrected chi connectivity index (χ1v) is 7.70. The van der Waals surface area contributed by atoms with Crippen LogP contribution in [-0.2, 0) is 11.0 Å². The first-order chi connectivity index (χ1) is 7.60. The zero-order chi connectivity index (χ0) is 13.3. The summed E-state index contributed by atoms with van der Waals surface area (Å²) in [5, 5.41) is 0. The molecule has 1 atom stereocenters. The molecule has 1 aliphatic carbocycles. The van der Waals surface area contributed by atoms with E-state index in [1.807, 2.05) is 20.8 Å². The fourth-order valence-electron chi connectivity index (χ4n) is 2.16.